The summed E-state index contributed by atoms with van der Waals surface area (Å²) >= 11 is 7.58. The summed E-state index contributed by atoms with van der Waals surface area (Å²) in [4.78, 5) is 11.7. The molecule has 0 N–H and O–H groups in total. The molecule has 0 aliphatic heterocycles. The van der Waals surface area contributed by atoms with Gasteiger partial charge in [-0.3, -0.25) is 9.88 Å². The Hall–Kier alpha value is -0.970. The quantitative estimate of drug-likeness (QED) is 0.699. The minimum absolute atomic E-state index is 0.333. The molecule has 0 fully saturated rings. The zero-order valence-corrected chi connectivity index (χ0v) is 14.4. The first kappa shape index (κ1) is 16.4. The highest BCUT2D eigenvalue weighted by atomic mass is 35.5. The number of pyridine rings is 1. The Labute approximate surface area is 136 Å². The number of hydrogen-bond donors (Lipinski definition) is 0. The van der Waals surface area contributed by atoms with E-state index >= 15 is 0 Å². The van der Waals surface area contributed by atoms with Gasteiger partial charge in [-0.1, -0.05) is 19.9 Å². The van der Waals surface area contributed by atoms with Gasteiger partial charge in [0.1, 0.15) is 5.01 Å². The third kappa shape index (κ3) is 4.25. The van der Waals surface area contributed by atoms with E-state index in [2.05, 4.69) is 46.2 Å². The van der Waals surface area contributed by atoms with Crippen LogP contribution >= 0.6 is 22.9 Å². The van der Waals surface area contributed by atoms with Gasteiger partial charge >= 0.3 is 0 Å². The maximum atomic E-state index is 5.87. The molecular weight excluding hydrogens is 302 g/mol. The summed E-state index contributed by atoms with van der Waals surface area (Å²) in [6.45, 7) is 8.26. The number of thiazole rings is 1. The Morgan fingerprint density at radius 3 is 2.62 bits per heavy atom. The lowest BCUT2D eigenvalue weighted by Crippen LogP contribution is -2.28. The third-order valence-corrected chi connectivity index (χ3v) is 4.80. The molecule has 2 rings (SSSR count). The standard InChI is InChI=1S/C16H22ClN3S/c1-4-15(16-19-14(9-17)11-21-16)20(5-2)10-13-8-6-7-12(3)18-13/h6-8,11,15H,4-5,9-10H2,1-3H3. The maximum absolute atomic E-state index is 5.87. The van der Waals surface area contributed by atoms with Gasteiger partial charge in [0.15, 0.2) is 0 Å². The number of aryl methyl sites for hydroxylation is 1. The van der Waals surface area contributed by atoms with Crippen molar-refractivity contribution in [2.75, 3.05) is 6.54 Å². The van der Waals surface area contributed by atoms with Gasteiger partial charge in [0.2, 0.25) is 0 Å². The molecule has 0 aliphatic rings. The van der Waals surface area contributed by atoms with Gasteiger partial charge in [-0.25, -0.2) is 4.98 Å². The summed E-state index contributed by atoms with van der Waals surface area (Å²) in [6, 6.07) is 6.53. The fraction of sp³-hybridized carbons (Fsp3) is 0.500. The molecular formula is C16H22ClN3S. The number of rotatable bonds is 7. The molecule has 3 nitrogen and oxygen atoms in total. The third-order valence-electron chi connectivity index (χ3n) is 3.54. The first-order valence-electron chi connectivity index (χ1n) is 7.34. The Morgan fingerprint density at radius 1 is 1.24 bits per heavy atom. The molecule has 0 saturated carbocycles. The summed E-state index contributed by atoms with van der Waals surface area (Å²) in [5.41, 5.74) is 3.15. The van der Waals surface area contributed by atoms with Crippen LogP contribution in [-0.4, -0.2) is 21.4 Å². The topological polar surface area (TPSA) is 29.0 Å². The molecule has 0 saturated heterocycles. The van der Waals surface area contributed by atoms with Crippen LogP contribution in [0.1, 0.15) is 48.4 Å². The van der Waals surface area contributed by atoms with E-state index < -0.39 is 0 Å². The molecule has 0 amide bonds. The first-order chi connectivity index (χ1) is 10.2. The summed E-state index contributed by atoms with van der Waals surface area (Å²) in [6.07, 6.45) is 1.04. The second-order valence-electron chi connectivity index (χ2n) is 5.07. The van der Waals surface area contributed by atoms with Crippen LogP contribution in [-0.2, 0) is 12.4 Å². The number of nitrogens with zero attached hydrogens (tertiary/aromatic N) is 3. The summed E-state index contributed by atoms with van der Waals surface area (Å²) in [7, 11) is 0. The Balaban J connectivity index is 2.17. The van der Waals surface area contributed by atoms with Crippen molar-refractivity contribution in [1.29, 1.82) is 0 Å². The van der Waals surface area contributed by atoms with E-state index in [0.29, 0.717) is 11.9 Å². The van der Waals surface area contributed by atoms with E-state index in [1.54, 1.807) is 11.3 Å². The summed E-state index contributed by atoms with van der Waals surface area (Å²) in [5.74, 6) is 0.485. The molecule has 0 spiro atoms. The molecule has 0 aliphatic carbocycles. The molecule has 5 heteroatoms. The van der Waals surface area contributed by atoms with Gasteiger partial charge in [0.05, 0.1) is 23.3 Å². The average molecular weight is 324 g/mol. The van der Waals surface area contributed by atoms with E-state index in [-0.39, 0.29) is 0 Å². The summed E-state index contributed by atoms with van der Waals surface area (Å²) in [5, 5.41) is 3.21. The minimum Gasteiger partial charge on any atom is -0.288 e. The fourth-order valence-corrected chi connectivity index (χ4v) is 3.73. The lowest BCUT2D eigenvalue weighted by atomic mass is 10.2. The van der Waals surface area contributed by atoms with Crippen molar-refractivity contribution in [3.8, 4) is 0 Å². The van der Waals surface area contributed by atoms with Crippen LogP contribution in [0, 0.1) is 6.92 Å². The smallest absolute Gasteiger partial charge is 0.110 e. The van der Waals surface area contributed by atoms with E-state index in [9.17, 15) is 0 Å². The lowest BCUT2D eigenvalue weighted by Gasteiger charge is -2.28. The van der Waals surface area contributed by atoms with E-state index in [0.717, 1.165) is 41.6 Å². The van der Waals surface area contributed by atoms with Gasteiger partial charge in [-0.15, -0.1) is 22.9 Å². The predicted octanol–water partition coefficient (Wildman–Crippen LogP) is 4.56. The van der Waals surface area contributed by atoms with Crippen molar-refractivity contribution in [2.24, 2.45) is 0 Å². The van der Waals surface area contributed by atoms with Gasteiger partial charge < -0.3 is 0 Å². The molecule has 1 atom stereocenters. The number of halogens is 1. The van der Waals surface area contributed by atoms with Crippen molar-refractivity contribution in [1.82, 2.24) is 14.9 Å². The normalized spacial score (nSPS) is 12.8. The summed E-state index contributed by atoms with van der Waals surface area (Å²) < 4.78 is 0. The largest absolute Gasteiger partial charge is 0.288 e. The zero-order chi connectivity index (χ0) is 15.2. The second-order valence-corrected chi connectivity index (χ2v) is 6.23. The van der Waals surface area contributed by atoms with Crippen molar-refractivity contribution < 1.29 is 0 Å². The molecule has 21 heavy (non-hydrogen) atoms. The molecule has 0 radical (unpaired) electrons. The van der Waals surface area contributed by atoms with Crippen LogP contribution in [0.2, 0.25) is 0 Å². The molecule has 0 aromatic carbocycles. The number of hydrogen-bond acceptors (Lipinski definition) is 4. The van der Waals surface area contributed by atoms with Crippen LogP contribution < -0.4 is 0 Å². The zero-order valence-electron chi connectivity index (χ0n) is 12.8. The molecule has 2 aromatic heterocycles. The molecule has 114 valence electrons. The predicted molar refractivity (Wildman–Crippen MR) is 89.8 cm³/mol. The average Bonchev–Trinajstić information content (AvgIpc) is 2.96. The molecule has 2 heterocycles. The van der Waals surface area contributed by atoms with Gasteiger partial charge in [-0.05, 0) is 32.0 Å². The molecule has 1 unspecified atom stereocenters. The second kappa shape index (κ2) is 7.87. The monoisotopic (exact) mass is 323 g/mol. The van der Waals surface area contributed by atoms with Crippen LogP contribution in [0.25, 0.3) is 0 Å². The Bertz CT molecular complexity index is 570. The molecule has 2 aromatic rings. The number of alkyl halides is 1. The van der Waals surface area contributed by atoms with E-state index in [1.165, 1.54) is 0 Å². The van der Waals surface area contributed by atoms with Crippen molar-refractivity contribution in [2.45, 2.75) is 45.7 Å². The lowest BCUT2D eigenvalue weighted by molar-refractivity contribution is 0.190. The minimum atomic E-state index is 0.333. The van der Waals surface area contributed by atoms with Gasteiger partial charge in [-0.2, -0.15) is 0 Å². The van der Waals surface area contributed by atoms with Gasteiger partial charge in [0, 0.05) is 17.6 Å². The SMILES string of the molecule is CCC(c1nc(CCl)cs1)N(CC)Cc1cccc(C)n1. The highest BCUT2D eigenvalue weighted by molar-refractivity contribution is 7.09. The van der Waals surface area contributed by atoms with E-state index in [1.807, 2.05) is 13.0 Å². The fourth-order valence-electron chi connectivity index (χ4n) is 2.46. The van der Waals surface area contributed by atoms with Crippen molar-refractivity contribution in [3.05, 3.63) is 45.7 Å². The van der Waals surface area contributed by atoms with Gasteiger partial charge in [0.25, 0.3) is 0 Å². The van der Waals surface area contributed by atoms with Crippen LogP contribution in [0.5, 0.6) is 0 Å². The number of aromatic nitrogens is 2. The highest BCUT2D eigenvalue weighted by Gasteiger charge is 2.21. The van der Waals surface area contributed by atoms with Crippen molar-refractivity contribution >= 4 is 22.9 Å². The van der Waals surface area contributed by atoms with E-state index in [4.69, 9.17) is 11.6 Å². The maximum Gasteiger partial charge on any atom is 0.110 e. The first-order valence-corrected chi connectivity index (χ1v) is 8.76. The highest BCUT2D eigenvalue weighted by Crippen LogP contribution is 2.28. The Kier molecular flexibility index (Phi) is 6.15. The van der Waals surface area contributed by atoms with Crippen LogP contribution in [0.4, 0.5) is 0 Å². The Morgan fingerprint density at radius 2 is 2.05 bits per heavy atom. The van der Waals surface area contributed by atoms with Crippen LogP contribution in [0.3, 0.4) is 0 Å². The molecule has 0 bridgehead atoms. The van der Waals surface area contributed by atoms with Crippen molar-refractivity contribution in [3.63, 3.8) is 0 Å². The van der Waals surface area contributed by atoms with Crippen LogP contribution in [0.15, 0.2) is 23.6 Å².